The van der Waals surface area contributed by atoms with Gasteiger partial charge in [-0.15, -0.1) is 0 Å². The van der Waals surface area contributed by atoms with Crippen LogP contribution in [0.5, 0.6) is 0 Å². The molecule has 24 heavy (non-hydrogen) atoms. The maximum absolute atomic E-state index is 14.0. The quantitative estimate of drug-likeness (QED) is 0.715. The third-order valence-corrected chi connectivity index (χ3v) is 3.76. The fourth-order valence-corrected chi connectivity index (χ4v) is 2.42. The zero-order valence-electron chi connectivity index (χ0n) is 13.3. The Bertz CT molecular complexity index is 832. The molecule has 0 bridgehead atoms. The van der Waals surface area contributed by atoms with E-state index < -0.39 is 0 Å². The highest BCUT2D eigenvalue weighted by Crippen LogP contribution is 2.19. The SMILES string of the molecule is Cc1ccc(C(=O)N(Cc2ccccc2F)c2ccccn2)cc1. The van der Waals surface area contributed by atoms with Gasteiger partial charge in [-0.2, -0.15) is 0 Å². The van der Waals surface area contributed by atoms with Gasteiger partial charge in [0.1, 0.15) is 11.6 Å². The van der Waals surface area contributed by atoms with Gasteiger partial charge in [-0.3, -0.25) is 9.69 Å². The number of aryl methyl sites for hydroxylation is 1. The van der Waals surface area contributed by atoms with E-state index in [1.165, 1.54) is 11.0 Å². The Morgan fingerprint density at radius 1 is 1.00 bits per heavy atom. The summed E-state index contributed by atoms with van der Waals surface area (Å²) in [5.74, 6) is -0.0570. The molecule has 1 heterocycles. The lowest BCUT2D eigenvalue weighted by Crippen LogP contribution is -2.31. The highest BCUT2D eigenvalue weighted by Gasteiger charge is 2.20. The number of anilines is 1. The molecule has 2 aromatic carbocycles. The van der Waals surface area contributed by atoms with Crippen molar-refractivity contribution in [1.82, 2.24) is 4.98 Å². The van der Waals surface area contributed by atoms with E-state index in [9.17, 15) is 9.18 Å². The molecule has 0 saturated carbocycles. The highest BCUT2D eigenvalue weighted by molar-refractivity contribution is 6.05. The number of aromatic nitrogens is 1. The molecule has 1 aromatic heterocycles. The lowest BCUT2D eigenvalue weighted by Gasteiger charge is -2.22. The van der Waals surface area contributed by atoms with Crippen LogP contribution in [-0.4, -0.2) is 10.9 Å². The predicted octanol–water partition coefficient (Wildman–Crippen LogP) is 4.38. The van der Waals surface area contributed by atoms with Crippen LogP contribution in [0.25, 0.3) is 0 Å². The Hall–Kier alpha value is -3.01. The Morgan fingerprint density at radius 3 is 2.38 bits per heavy atom. The van der Waals surface area contributed by atoms with Crippen LogP contribution < -0.4 is 4.90 Å². The minimum absolute atomic E-state index is 0.121. The number of hydrogen-bond donors (Lipinski definition) is 0. The smallest absolute Gasteiger partial charge is 0.259 e. The van der Waals surface area contributed by atoms with Gasteiger partial charge in [0.25, 0.3) is 5.91 Å². The first-order valence-corrected chi connectivity index (χ1v) is 7.68. The first kappa shape index (κ1) is 15.9. The number of amides is 1. The average molecular weight is 320 g/mol. The molecule has 0 saturated heterocycles. The molecule has 0 aliphatic rings. The standard InChI is InChI=1S/C20H17FN2O/c1-15-9-11-16(12-10-15)20(24)23(19-8-4-5-13-22-19)14-17-6-2-3-7-18(17)21/h2-13H,14H2,1H3. The fraction of sp³-hybridized carbons (Fsp3) is 0.100. The lowest BCUT2D eigenvalue weighted by atomic mass is 10.1. The van der Waals surface area contributed by atoms with Crippen molar-refractivity contribution in [2.45, 2.75) is 13.5 Å². The van der Waals surface area contributed by atoms with E-state index in [0.717, 1.165) is 5.56 Å². The van der Waals surface area contributed by atoms with Crippen molar-refractivity contribution in [3.8, 4) is 0 Å². The van der Waals surface area contributed by atoms with Gasteiger partial charge >= 0.3 is 0 Å². The number of hydrogen-bond acceptors (Lipinski definition) is 2. The van der Waals surface area contributed by atoms with Crippen molar-refractivity contribution in [3.63, 3.8) is 0 Å². The Labute approximate surface area is 140 Å². The Balaban J connectivity index is 1.97. The van der Waals surface area contributed by atoms with E-state index in [1.807, 2.05) is 19.1 Å². The highest BCUT2D eigenvalue weighted by atomic mass is 19.1. The Morgan fingerprint density at radius 2 is 1.71 bits per heavy atom. The summed E-state index contributed by atoms with van der Waals surface area (Å²) >= 11 is 0. The molecule has 0 aliphatic heterocycles. The van der Waals surface area contributed by atoms with E-state index in [-0.39, 0.29) is 18.3 Å². The van der Waals surface area contributed by atoms with Crippen LogP contribution in [0, 0.1) is 12.7 Å². The first-order valence-electron chi connectivity index (χ1n) is 7.68. The van der Waals surface area contributed by atoms with Gasteiger partial charge in [-0.05, 0) is 37.3 Å². The molecule has 0 radical (unpaired) electrons. The van der Waals surface area contributed by atoms with Gasteiger partial charge in [0.15, 0.2) is 0 Å². The number of benzene rings is 2. The van der Waals surface area contributed by atoms with Crippen molar-refractivity contribution in [2.75, 3.05) is 4.90 Å². The summed E-state index contributed by atoms with van der Waals surface area (Å²) < 4.78 is 14.0. The van der Waals surface area contributed by atoms with E-state index in [1.54, 1.807) is 54.7 Å². The number of carbonyl (C=O) groups is 1. The van der Waals surface area contributed by atoms with Crippen LogP contribution in [0.1, 0.15) is 21.5 Å². The van der Waals surface area contributed by atoms with Crippen molar-refractivity contribution >= 4 is 11.7 Å². The molecule has 3 aromatic rings. The lowest BCUT2D eigenvalue weighted by molar-refractivity contribution is 0.0984. The van der Waals surface area contributed by atoms with E-state index in [2.05, 4.69) is 4.98 Å². The summed E-state index contributed by atoms with van der Waals surface area (Å²) in [6, 6.07) is 19.1. The van der Waals surface area contributed by atoms with Crippen molar-refractivity contribution < 1.29 is 9.18 Å². The van der Waals surface area contributed by atoms with Crippen molar-refractivity contribution in [1.29, 1.82) is 0 Å². The molecule has 120 valence electrons. The molecule has 4 heteroatoms. The molecule has 0 unspecified atom stereocenters. The third-order valence-electron chi connectivity index (χ3n) is 3.76. The van der Waals surface area contributed by atoms with Crippen LogP contribution in [0.4, 0.5) is 10.2 Å². The third kappa shape index (κ3) is 3.49. The summed E-state index contributed by atoms with van der Waals surface area (Å²) in [5, 5.41) is 0. The summed E-state index contributed by atoms with van der Waals surface area (Å²) in [5.41, 5.74) is 2.07. The molecule has 0 spiro atoms. The topological polar surface area (TPSA) is 33.2 Å². The van der Waals surface area contributed by atoms with Gasteiger partial charge in [0.2, 0.25) is 0 Å². The molecular weight excluding hydrogens is 303 g/mol. The normalized spacial score (nSPS) is 10.4. The summed E-state index contributed by atoms with van der Waals surface area (Å²) in [7, 11) is 0. The van der Waals surface area contributed by atoms with Crippen LogP contribution in [-0.2, 0) is 6.54 Å². The minimum atomic E-state index is -0.338. The molecule has 0 aliphatic carbocycles. The van der Waals surface area contributed by atoms with Gasteiger partial charge in [-0.1, -0.05) is 42.0 Å². The number of carbonyl (C=O) groups excluding carboxylic acids is 1. The number of halogens is 1. The molecule has 3 nitrogen and oxygen atoms in total. The number of pyridine rings is 1. The van der Waals surface area contributed by atoms with Crippen molar-refractivity contribution in [2.24, 2.45) is 0 Å². The number of nitrogens with zero attached hydrogens (tertiary/aromatic N) is 2. The Kier molecular flexibility index (Phi) is 4.66. The van der Waals surface area contributed by atoms with Gasteiger partial charge in [-0.25, -0.2) is 9.37 Å². The maximum Gasteiger partial charge on any atom is 0.259 e. The van der Waals surface area contributed by atoms with Crippen LogP contribution in [0.15, 0.2) is 72.9 Å². The largest absolute Gasteiger partial charge is 0.288 e. The summed E-state index contributed by atoms with van der Waals surface area (Å²) in [6.45, 7) is 2.08. The first-order chi connectivity index (χ1) is 11.6. The van der Waals surface area contributed by atoms with Crippen LogP contribution >= 0.6 is 0 Å². The fourth-order valence-electron chi connectivity index (χ4n) is 2.42. The average Bonchev–Trinajstić information content (AvgIpc) is 2.62. The minimum Gasteiger partial charge on any atom is -0.288 e. The maximum atomic E-state index is 14.0. The molecule has 3 rings (SSSR count). The van der Waals surface area contributed by atoms with Gasteiger partial charge in [0.05, 0.1) is 6.54 Å². The van der Waals surface area contributed by atoms with Gasteiger partial charge < -0.3 is 0 Å². The van der Waals surface area contributed by atoms with E-state index in [0.29, 0.717) is 16.9 Å². The van der Waals surface area contributed by atoms with E-state index >= 15 is 0 Å². The van der Waals surface area contributed by atoms with Gasteiger partial charge in [0, 0.05) is 17.3 Å². The second kappa shape index (κ2) is 7.04. The molecule has 0 atom stereocenters. The monoisotopic (exact) mass is 320 g/mol. The second-order valence-electron chi connectivity index (χ2n) is 5.54. The van der Waals surface area contributed by atoms with Crippen LogP contribution in [0.3, 0.4) is 0 Å². The molecular formula is C20H17FN2O. The zero-order valence-corrected chi connectivity index (χ0v) is 13.3. The summed E-state index contributed by atoms with van der Waals surface area (Å²) in [6.07, 6.45) is 1.62. The molecule has 0 fully saturated rings. The predicted molar refractivity (Wildman–Crippen MR) is 92.3 cm³/mol. The second-order valence-corrected chi connectivity index (χ2v) is 5.54. The van der Waals surface area contributed by atoms with E-state index in [4.69, 9.17) is 0 Å². The number of rotatable bonds is 4. The summed E-state index contributed by atoms with van der Waals surface area (Å²) in [4.78, 5) is 18.7. The molecule has 1 amide bonds. The van der Waals surface area contributed by atoms with Crippen LogP contribution in [0.2, 0.25) is 0 Å². The zero-order chi connectivity index (χ0) is 16.9. The van der Waals surface area contributed by atoms with Crippen molar-refractivity contribution in [3.05, 3.63) is 95.4 Å². The molecule has 0 N–H and O–H groups in total.